The highest BCUT2D eigenvalue weighted by Crippen LogP contribution is 2.39. The molecule has 1 saturated heterocycles. The highest BCUT2D eigenvalue weighted by Gasteiger charge is 2.35. The molecule has 1 aliphatic carbocycles. The van der Waals surface area contributed by atoms with Gasteiger partial charge in [0.05, 0.1) is 6.61 Å². The quantitative estimate of drug-likeness (QED) is 0.318. The second-order valence-electron chi connectivity index (χ2n) is 9.22. The minimum Gasteiger partial charge on any atom is -0.494 e. The molecule has 1 aromatic carbocycles. The number of unbranched alkanes of at least 4 members (excludes halogenated alkanes) is 2. The van der Waals surface area contributed by atoms with Crippen LogP contribution in [0.3, 0.4) is 0 Å². The first-order chi connectivity index (χ1) is 15.4. The number of ether oxygens (including phenoxy) is 1. The van der Waals surface area contributed by atoms with Crippen LogP contribution >= 0.6 is 7.82 Å². The zero-order valence-electron chi connectivity index (χ0n) is 19.0. The number of rotatable bonds is 13. The molecule has 2 fully saturated rings. The Kier molecular flexibility index (Phi) is 10.0. The van der Waals surface area contributed by atoms with Crippen LogP contribution < -0.4 is 4.74 Å². The van der Waals surface area contributed by atoms with Crippen molar-refractivity contribution < 1.29 is 28.4 Å². The van der Waals surface area contributed by atoms with E-state index in [9.17, 15) is 9.36 Å². The minimum absolute atomic E-state index is 0.0147. The molecule has 0 radical (unpaired) electrons. The lowest BCUT2D eigenvalue weighted by Gasteiger charge is -2.38. The summed E-state index contributed by atoms with van der Waals surface area (Å²) in [6, 6.07) is 8.23. The molecule has 0 bridgehead atoms. The molecular formula is C24H38NO6P. The van der Waals surface area contributed by atoms with E-state index in [0.29, 0.717) is 6.42 Å². The zero-order chi connectivity index (χ0) is 22.8. The van der Waals surface area contributed by atoms with E-state index in [-0.39, 0.29) is 19.0 Å². The van der Waals surface area contributed by atoms with Crippen LogP contribution in [0.4, 0.5) is 0 Å². The number of aryl methyl sites for hydroxylation is 1. The molecule has 3 rings (SSSR count). The van der Waals surface area contributed by atoms with Crippen LogP contribution in [0, 0.1) is 5.92 Å². The van der Waals surface area contributed by atoms with Gasteiger partial charge in [0.2, 0.25) is 5.91 Å². The molecule has 1 aromatic rings. The SMILES string of the molecule is O=C(CCCCc1cccc(OCCCCC2CCCCC2)c1)N1CC(OP(=O)(O)O)C1. The molecule has 2 aliphatic rings. The van der Waals surface area contributed by atoms with Gasteiger partial charge in [-0.15, -0.1) is 0 Å². The van der Waals surface area contributed by atoms with E-state index < -0.39 is 13.9 Å². The van der Waals surface area contributed by atoms with Crippen molar-refractivity contribution in [3.8, 4) is 5.75 Å². The molecule has 0 atom stereocenters. The lowest BCUT2D eigenvalue weighted by Crippen LogP contribution is -2.54. The van der Waals surface area contributed by atoms with Gasteiger partial charge < -0.3 is 19.4 Å². The smallest absolute Gasteiger partial charge is 0.469 e. The second-order valence-corrected chi connectivity index (χ2v) is 10.4. The summed E-state index contributed by atoms with van der Waals surface area (Å²) in [5, 5.41) is 0. The highest BCUT2D eigenvalue weighted by molar-refractivity contribution is 7.46. The molecule has 180 valence electrons. The van der Waals surface area contributed by atoms with Crippen LogP contribution in [0.2, 0.25) is 0 Å². The molecule has 0 aromatic heterocycles. The molecule has 1 aliphatic heterocycles. The average Bonchev–Trinajstić information content (AvgIpc) is 2.73. The first kappa shape index (κ1) is 25.2. The minimum atomic E-state index is -4.47. The van der Waals surface area contributed by atoms with E-state index in [1.165, 1.54) is 50.5 Å². The van der Waals surface area contributed by atoms with E-state index in [0.717, 1.165) is 44.0 Å². The van der Waals surface area contributed by atoms with Gasteiger partial charge in [-0.3, -0.25) is 9.32 Å². The van der Waals surface area contributed by atoms with E-state index in [2.05, 4.69) is 16.7 Å². The first-order valence-corrected chi connectivity index (χ1v) is 13.7. The first-order valence-electron chi connectivity index (χ1n) is 12.1. The molecule has 1 saturated carbocycles. The summed E-state index contributed by atoms with van der Waals surface area (Å²) in [6.07, 6.45) is 13.3. The molecule has 1 heterocycles. The van der Waals surface area contributed by atoms with E-state index in [4.69, 9.17) is 14.5 Å². The zero-order valence-corrected chi connectivity index (χ0v) is 19.9. The summed E-state index contributed by atoms with van der Waals surface area (Å²) in [6.45, 7) is 1.28. The number of carbonyl (C=O) groups excluding carboxylic acids is 1. The maximum absolute atomic E-state index is 12.1. The van der Waals surface area contributed by atoms with E-state index in [1.54, 1.807) is 4.90 Å². The van der Waals surface area contributed by atoms with Gasteiger partial charge in [-0.25, -0.2) is 4.57 Å². The Hall–Kier alpha value is -1.40. The third kappa shape index (κ3) is 9.22. The standard InChI is InChI=1S/C24H38NO6P/c26-24(25-18-23(19-25)31-32(27,28)29)15-5-4-12-21-13-8-14-22(17-21)30-16-7-6-11-20-9-2-1-3-10-20/h8,13-14,17,20,23H,1-7,9-12,15-16,18-19H2,(H2,27,28,29). The summed E-state index contributed by atoms with van der Waals surface area (Å²) in [4.78, 5) is 31.3. The van der Waals surface area contributed by atoms with Gasteiger partial charge in [0, 0.05) is 19.5 Å². The normalized spacial score (nSPS) is 17.9. The predicted molar refractivity (Wildman–Crippen MR) is 123 cm³/mol. The molecule has 1 amide bonds. The van der Waals surface area contributed by atoms with Gasteiger partial charge in [0.1, 0.15) is 11.9 Å². The van der Waals surface area contributed by atoms with Gasteiger partial charge in [0.25, 0.3) is 0 Å². The molecule has 0 spiro atoms. The van der Waals surface area contributed by atoms with Crippen LogP contribution in [-0.4, -0.2) is 46.4 Å². The number of benzene rings is 1. The summed E-state index contributed by atoms with van der Waals surface area (Å²) >= 11 is 0. The van der Waals surface area contributed by atoms with Crippen molar-refractivity contribution in [2.75, 3.05) is 19.7 Å². The third-order valence-corrected chi connectivity index (χ3v) is 7.06. The van der Waals surface area contributed by atoms with Gasteiger partial charge in [-0.2, -0.15) is 0 Å². The Bertz CT molecular complexity index is 755. The highest BCUT2D eigenvalue weighted by atomic mass is 31.2. The van der Waals surface area contributed by atoms with E-state index in [1.807, 2.05) is 12.1 Å². The molecule has 8 heteroatoms. The van der Waals surface area contributed by atoms with Gasteiger partial charge >= 0.3 is 7.82 Å². The molecule has 32 heavy (non-hydrogen) atoms. The number of nitrogens with zero attached hydrogens (tertiary/aromatic N) is 1. The lowest BCUT2D eigenvalue weighted by molar-refractivity contribution is -0.140. The number of amides is 1. The summed E-state index contributed by atoms with van der Waals surface area (Å²) < 4.78 is 21.3. The topological polar surface area (TPSA) is 96.3 Å². The summed E-state index contributed by atoms with van der Waals surface area (Å²) in [7, 11) is -4.47. The van der Waals surface area contributed by atoms with Crippen molar-refractivity contribution in [3.63, 3.8) is 0 Å². The molecule has 0 unspecified atom stereocenters. The summed E-state index contributed by atoms with van der Waals surface area (Å²) in [5.41, 5.74) is 1.22. The van der Waals surface area contributed by atoms with Crippen LogP contribution in [0.5, 0.6) is 5.75 Å². The number of phosphoric acid groups is 1. The fourth-order valence-corrected chi connectivity index (χ4v) is 5.18. The molecule has 7 nitrogen and oxygen atoms in total. The predicted octanol–water partition coefficient (Wildman–Crippen LogP) is 4.85. The van der Waals surface area contributed by atoms with Crippen molar-refractivity contribution >= 4 is 13.7 Å². The Morgan fingerprint density at radius 2 is 1.84 bits per heavy atom. The van der Waals surface area contributed by atoms with Gasteiger partial charge in [0.15, 0.2) is 0 Å². The van der Waals surface area contributed by atoms with Gasteiger partial charge in [-0.1, -0.05) is 50.7 Å². The molecular weight excluding hydrogens is 429 g/mol. The Morgan fingerprint density at radius 1 is 1.06 bits per heavy atom. The average molecular weight is 468 g/mol. The van der Waals surface area contributed by atoms with Crippen LogP contribution in [0.15, 0.2) is 24.3 Å². The number of phosphoric ester groups is 1. The van der Waals surface area contributed by atoms with Crippen LogP contribution in [0.1, 0.15) is 76.2 Å². The Morgan fingerprint density at radius 3 is 2.59 bits per heavy atom. The van der Waals surface area contributed by atoms with Crippen LogP contribution in [-0.2, 0) is 20.3 Å². The fourth-order valence-electron chi connectivity index (χ4n) is 4.66. The maximum atomic E-state index is 12.1. The van der Waals surface area contributed by atoms with Crippen molar-refractivity contribution in [1.29, 1.82) is 0 Å². The maximum Gasteiger partial charge on any atom is 0.469 e. The second kappa shape index (κ2) is 12.7. The number of carbonyl (C=O) groups is 1. The fraction of sp³-hybridized carbons (Fsp3) is 0.708. The van der Waals surface area contributed by atoms with Crippen molar-refractivity contribution in [3.05, 3.63) is 29.8 Å². The number of hydrogen-bond donors (Lipinski definition) is 2. The lowest BCUT2D eigenvalue weighted by atomic mass is 9.86. The van der Waals surface area contributed by atoms with E-state index >= 15 is 0 Å². The largest absolute Gasteiger partial charge is 0.494 e. The monoisotopic (exact) mass is 467 g/mol. The van der Waals surface area contributed by atoms with Gasteiger partial charge in [-0.05, 0) is 55.7 Å². The number of likely N-dealkylation sites (tertiary alicyclic amines) is 1. The Balaban J connectivity index is 1.24. The van der Waals surface area contributed by atoms with Crippen molar-refractivity contribution in [1.82, 2.24) is 4.90 Å². The molecule has 2 N–H and O–H groups in total. The van der Waals surface area contributed by atoms with Crippen LogP contribution in [0.25, 0.3) is 0 Å². The van der Waals surface area contributed by atoms with Crippen molar-refractivity contribution in [2.24, 2.45) is 5.92 Å². The number of hydrogen-bond acceptors (Lipinski definition) is 4. The third-order valence-electron chi connectivity index (χ3n) is 6.49. The summed E-state index contributed by atoms with van der Waals surface area (Å²) in [5.74, 6) is 1.88. The van der Waals surface area contributed by atoms with Crippen molar-refractivity contribution in [2.45, 2.75) is 83.2 Å². The Labute approximate surface area is 191 Å².